The lowest BCUT2D eigenvalue weighted by molar-refractivity contribution is -0.113. The number of carbonyl (C=O) groups excluding carboxylic acids is 1. The number of carbonyl (C=O) groups is 1. The van der Waals surface area contributed by atoms with E-state index in [0.717, 1.165) is 15.7 Å². The molecular weight excluding hydrogens is 542 g/mol. The summed E-state index contributed by atoms with van der Waals surface area (Å²) in [7, 11) is 1.83. The fourth-order valence-corrected chi connectivity index (χ4v) is 4.48. The van der Waals surface area contributed by atoms with Crippen LogP contribution in [0.1, 0.15) is 0 Å². The number of halogens is 2. The van der Waals surface area contributed by atoms with Crippen molar-refractivity contribution in [3.05, 3.63) is 50.9 Å². The molecule has 0 radical (unpaired) electrons. The zero-order chi connectivity index (χ0) is 20.4. The van der Waals surface area contributed by atoms with Gasteiger partial charge in [0.15, 0.2) is 26.5 Å². The van der Waals surface area contributed by atoms with Crippen molar-refractivity contribution in [1.29, 1.82) is 0 Å². The first-order valence-corrected chi connectivity index (χ1v) is 11.7. The smallest absolute Gasteiger partial charge is 0.236 e. The van der Waals surface area contributed by atoms with Gasteiger partial charge in [-0.1, -0.05) is 39.8 Å². The standard InChI is InChI=1S/C18H13Br2N5O2S2/c1-25-16(13-6-7-14(20)27-13)23-24-18(25)29-9-15(26)22-17-21-12(8-28-17)10-2-4-11(19)5-3-10/h2-8H,9H2,1H3,(H,21,22,26). The minimum absolute atomic E-state index is 0.156. The number of amides is 1. The molecule has 0 aliphatic heterocycles. The molecule has 11 heteroatoms. The summed E-state index contributed by atoms with van der Waals surface area (Å²) in [4.78, 5) is 16.8. The lowest BCUT2D eigenvalue weighted by atomic mass is 10.2. The van der Waals surface area contributed by atoms with Gasteiger partial charge in [0.2, 0.25) is 5.91 Å². The average Bonchev–Trinajstić information content (AvgIpc) is 3.41. The summed E-state index contributed by atoms with van der Waals surface area (Å²) in [5, 5.41) is 14.2. The Morgan fingerprint density at radius 1 is 1.21 bits per heavy atom. The third-order valence-corrected chi connectivity index (χ3v) is 6.58. The van der Waals surface area contributed by atoms with E-state index in [1.807, 2.05) is 36.7 Å². The summed E-state index contributed by atoms with van der Waals surface area (Å²) in [5.74, 6) is 1.24. The van der Waals surface area contributed by atoms with Crippen LogP contribution in [0, 0.1) is 0 Å². The maximum Gasteiger partial charge on any atom is 0.236 e. The number of hydrogen-bond donors (Lipinski definition) is 1. The van der Waals surface area contributed by atoms with Crippen molar-refractivity contribution in [2.24, 2.45) is 7.05 Å². The number of thioether (sulfide) groups is 1. The number of anilines is 1. The topological polar surface area (TPSA) is 85.8 Å². The van der Waals surface area contributed by atoms with Gasteiger partial charge in [0.1, 0.15) is 0 Å². The molecule has 4 aromatic rings. The van der Waals surface area contributed by atoms with E-state index in [9.17, 15) is 4.79 Å². The van der Waals surface area contributed by atoms with E-state index < -0.39 is 0 Å². The summed E-state index contributed by atoms with van der Waals surface area (Å²) in [6, 6.07) is 11.5. The summed E-state index contributed by atoms with van der Waals surface area (Å²) >= 11 is 9.38. The first kappa shape index (κ1) is 20.3. The zero-order valence-corrected chi connectivity index (χ0v) is 19.7. The van der Waals surface area contributed by atoms with Crippen LogP contribution in [-0.2, 0) is 11.8 Å². The van der Waals surface area contributed by atoms with Crippen LogP contribution in [0.2, 0.25) is 0 Å². The largest absolute Gasteiger partial charge is 0.446 e. The highest BCUT2D eigenvalue weighted by atomic mass is 79.9. The number of rotatable bonds is 6. The highest BCUT2D eigenvalue weighted by Gasteiger charge is 2.16. The molecule has 1 aromatic carbocycles. The molecule has 1 N–H and O–H groups in total. The van der Waals surface area contributed by atoms with Gasteiger partial charge in [-0.3, -0.25) is 4.79 Å². The second kappa shape index (κ2) is 8.82. The predicted molar refractivity (Wildman–Crippen MR) is 121 cm³/mol. The summed E-state index contributed by atoms with van der Waals surface area (Å²) in [5.41, 5.74) is 1.82. The van der Waals surface area contributed by atoms with Crippen LogP contribution in [-0.4, -0.2) is 31.4 Å². The van der Waals surface area contributed by atoms with Gasteiger partial charge >= 0.3 is 0 Å². The number of thiazole rings is 1. The summed E-state index contributed by atoms with van der Waals surface area (Å²) < 4.78 is 8.93. The van der Waals surface area contributed by atoms with Gasteiger partial charge in [-0.05, 0) is 40.2 Å². The molecule has 0 fully saturated rings. The van der Waals surface area contributed by atoms with Crippen LogP contribution in [0.25, 0.3) is 22.8 Å². The number of nitrogens with zero attached hydrogens (tertiary/aromatic N) is 4. The van der Waals surface area contributed by atoms with Crippen molar-refractivity contribution in [3.8, 4) is 22.8 Å². The summed E-state index contributed by atoms with van der Waals surface area (Å²) in [6.45, 7) is 0. The van der Waals surface area contributed by atoms with Gasteiger partial charge in [-0.2, -0.15) is 0 Å². The fraction of sp³-hybridized carbons (Fsp3) is 0.111. The van der Waals surface area contributed by atoms with Crippen molar-refractivity contribution < 1.29 is 9.21 Å². The Balaban J connectivity index is 1.36. The molecule has 0 saturated carbocycles. The third-order valence-electron chi connectivity index (χ3n) is 3.85. The lowest BCUT2D eigenvalue weighted by Crippen LogP contribution is -2.14. The third kappa shape index (κ3) is 4.80. The van der Waals surface area contributed by atoms with Gasteiger partial charge in [0.25, 0.3) is 0 Å². The molecule has 0 aliphatic rings. The van der Waals surface area contributed by atoms with Crippen molar-refractivity contribution in [2.45, 2.75) is 5.16 Å². The van der Waals surface area contributed by atoms with E-state index in [2.05, 4.69) is 52.4 Å². The van der Waals surface area contributed by atoms with Crippen LogP contribution >= 0.6 is 55.0 Å². The molecule has 0 saturated heterocycles. The Morgan fingerprint density at radius 2 is 2.00 bits per heavy atom. The molecule has 0 atom stereocenters. The van der Waals surface area contributed by atoms with Crippen LogP contribution in [0.4, 0.5) is 5.13 Å². The minimum atomic E-state index is -0.156. The molecule has 3 heterocycles. The quantitative estimate of drug-likeness (QED) is 0.319. The maximum atomic E-state index is 12.3. The number of nitrogens with one attached hydrogen (secondary N) is 1. The van der Waals surface area contributed by atoms with E-state index in [1.54, 1.807) is 16.7 Å². The molecule has 0 bridgehead atoms. The predicted octanol–water partition coefficient (Wildman–Crippen LogP) is 5.45. The maximum absolute atomic E-state index is 12.3. The van der Waals surface area contributed by atoms with E-state index in [4.69, 9.17) is 4.42 Å². The van der Waals surface area contributed by atoms with E-state index in [0.29, 0.717) is 26.5 Å². The Labute approximate surface area is 191 Å². The van der Waals surface area contributed by atoms with Gasteiger partial charge < -0.3 is 14.3 Å². The monoisotopic (exact) mass is 553 g/mol. The van der Waals surface area contributed by atoms with Crippen LogP contribution in [0.3, 0.4) is 0 Å². The van der Waals surface area contributed by atoms with Crippen molar-refractivity contribution in [1.82, 2.24) is 19.7 Å². The molecule has 148 valence electrons. The first-order chi connectivity index (χ1) is 14.0. The second-order valence-corrected chi connectivity index (χ2v) is 9.35. The van der Waals surface area contributed by atoms with Crippen molar-refractivity contribution in [3.63, 3.8) is 0 Å². The molecular formula is C18H13Br2N5O2S2. The number of hydrogen-bond acceptors (Lipinski definition) is 7. The Morgan fingerprint density at radius 3 is 2.72 bits per heavy atom. The SMILES string of the molecule is Cn1c(SCC(=O)Nc2nc(-c3ccc(Br)cc3)cs2)nnc1-c1ccc(Br)o1. The molecule has 1 amide bonds. The molecule has 29 heavy (non-hydrogen) atoms. The average molecular weight is 555 g/mol. The molecule has 0 unspecified atom stereocenters. The van der Waals surface area contributed by atoms with E-state index in [-0.39, 0.29) is 11.7 Å². The molecule has 4 rings (SSSR count). The summed E-state index contributed by atoms with van der Waals surface area (Å²) in [6.07, 6.45) is 0. The molecule has 0 aliphatic carbocycles. The van der Waals surface area contributed by atoms with Gasteiger partial charge in [0, 0.05) is 22.5 Å². The molecule has 0 spiro atoms. The van der Waals surface area contributed by atoms with Crippen molar-refractivity contribution in [2.75, 3.05) is 11.1 Å². The molecule has 3 aromatic heterocycles. The minimum Gasteiger partial charge on any atom is -0.446 e. The van der Waals surface area contributed by atoms with Crippen molar-refractivity contribution >= 4 is 66.0 Å². The Bertz CT molecular complexity index is 1150. The zero-order valence-electron chi connectivity index (χ0n) is 14.9. The Kier molecular flexibility index (Phi) is 6.18. The second-order valence-electron chi connectivity index (χ2n) is 5.85. The van der Waals surface area contributed by atoms with Gasteiger partial charge in [-0.25, -0.2) is 4.98 Å². The molecule has 7 nitrogen and oxygen atoms in total. The highest BCUT2D eigenvalue weighted by molar-refractivity contribution is 9.10. The lowest BCUT2D eigenvalue weighted by Gasteiger charge is -2.03. The van der Waals surface area contributed by atoms with E-state index >= 15 is 0 Å². The highest BCUT2D eigenvalue weighted by Crippen LogP contribution is 2.28. The van der Waals surface area contributed by atoms with E-state index in [1.165, 1.54) is 23.1 Å². The first-order valence-electron chi connectivity index (χ1n) is 8.29. The number of furan rings is 1. The van der Waals surface area contributed by atoms with Crippen LogP contribution in [0.5, 0.6) is 0 Å². The van der Waals surface area contributed by atoms with Crippen LogP contribution in [0.15, 0.2) is 60.5 Å². The number of benzene rings is 1. The number of aromatic nitrogens is 4. The van der Waals surface area contributed by atoms with Gasteiger partial charge in [-0.15, -0.1) is 21.5 Å². The Hall–Kier alpha value is -1.95. The normalized spacial score (nSPS) is 11.0. The van der Waals surface area contributed by atoms with Crippen LogP contribution < -0.4 is 5.32 Å². The fourth-order valence-electron chi connectivity index (χ4n) is 2.46. The van der Waals surface area contributed by atoms with Gasteiger partial charge in [0.05, 0.1) is 11.4 Å².